The van der Waals surface area contributed by atoms with Crippen molar-refractivity contribution >= 4 is 43.1 Å². The molecular weight excluding hydrogens is 589 g/mol. The van der Waals surface area contributed by atoms with Gasteiger partial charge in [-0.1, -0.05) is 153 Å². The Kier molecular flexibility index (Phi) is 6.02. The van der Waals surface area contributed by atoms with E-state index in [-0.39, 0.29) is 5.41 Å². The maximum absolute atomic E-state index is 2.46. The Bertz CT molecular complexity index is 2740. The molecule has 1 aliphatic rings. The summed E-state index contributed by atoms with van der Waals surface area (Å²) in [6.07, 6.45) is 0. The molecule has 1 aliphatic carbocycles. The van der Waals surface area contributed by atoms with Gasteiger partial charge in [0.2, 0.25) is 0 Å². The third-order valence-electron chi connectivity index (χ3n) is 11.0. The summed E-state index contributed by atoms with van der Waals surface area (Å²) in [5, 5.41) is 10.2. The molecule has 49 heavy (non-hydrogen) atoms. The lowest BCUT2D eigenvalue weighted by atomic mass is 9.81. The first-order valence-electron chi connectivity index (χ1n) is 17.3. The van der Waals surface area contributed by atoms with Crippen molar-refractivity contribution in [3.63, 3.8) is 0 Å². The zero-order valence-corrected chi connectivity index (χ0v) is 27.7. The van der Waals surface area contributed by atoms with Gasteiger partial charge in [-0.05, 0) is 129 Å². The van der Waals surface area contributed by atoms with E-state index in [1.54, 1.807) is 0 Å². The van der Waals surface area contributed by atoms with E-state index in [1.165, 1.54) is 98.7 Å². The molecule has 0 amide bonds. The van der Waals surface area contributed by atoms with Gasteiger partial charge >= 0.3 is 0 Å². The van der Waals surface area contributed by atoms with Gasteiger partial charge < -0.3 is 0 Å². The molecule has 0 unspecified atom stereocenters. The Morgan fingerprint density at radius 1 is 0.306 bits per heavy atom. The van der Waals surface area contributed by atoms with E-state index in [4.69, 9.17) is 0 Å². The van der Waals surface area contributed by atoms with Gasteiger partial charge in [-0.2, -0.15) is 0 Å². The zero-order valence-electron chi connectivity index (χ0n) is 27.7. The Hall–Kier alpha value is -5.98. The van der Waals surface area contributed by atoms with Crippen LogP contribution in [-0.2, 0) is 5.41 Å². The topological polar surface area (TPSA) is 0 Å². The van der Waals surface area contributed by atoms with Crippen LogP contribution in [0.2, 0.25) is 0 Å². The van der Waals surface area contributed by atoms with Gasteiger partial charge in [-0.3, -0.25) is 0 Å². The highest BCUT2D eigenvalue weighted by atomic mass is 14.4. The largest absolute Gasteiger partial charge is 0.0616 e. The quantitative estimate of drug-likeness (QED) is 0.172. The van der Waals surface area contributed by atoms with E-state index in [0.29, 0.717) is 0 Å². The Labute approximate surface area is 286 Å². The Balaban J connectivity index is 1.20. The minimum atomic E-state index is -0.0583. The third-order valence-corrected chi connectivity index (χ3v) is 11.0. The average molecular weight is 623 g/mol. The smallest absolute Gasteiger partial charge is 0.0159 e. The molecule has 0 N–H and O–H groups in total. The summed E-state index contributed by atoms with van der Waals surface area (Å²) in [6, 6.07) is 63.2. The van der Waals surface area contributed by atoms with Gasteiger partial charge in [0.15, 0.2) is 0 Å². The van der Waals surface area contributed by atoms with Crippen molar-refractivity contribution in [3.05, 3.63) is 181 Å². The molecule has 9 aromatic rings. The van der Waals surface area contributed by atoms with Crippen LogP contribution >= 0.6 is 0 Å². The van der Waals surface area contributed by atoms with Crippen molar-refractivity contribution in [1.29, 1.82) is 0 Å². The van der Waals surface area contributed by atoms with Gasteiger partial charge in [0.25, 0.3) is 0 Å². The van der Waals surface area contributed by atoms with E-state index >= 15 is 0 Å². The van der Waals surface area contributed by atoms with Crippen LogP contribution in [0.1, 0.15) is 25.0 Å². The normalized spacial score (nSPS) is 13.3. The third kappa shape index (κ3) is 4.24. The number of hydrogen-bond acceptors (Lipinski definition) is 0. The van der Waals surface area contributed by atoms with Crippen LogP contribution in [0.3, 0.4) is 0 Å². The SMILES string of the molecule is CC1(C)c2ccc(-c3c4ccccc4c(-c4cccc(-c5ccc6ccccc6c5)c4)c4ccccc34)cc2-c2cc3ccccc3cc21. The van der Waals surface area contributed by atoms with Crippen molar-refractivity contribution in [3.8, 4) is 44.5 Å². The van der Waals surface area contributed by atoms with E-state index in [2.05, 4.69) is 184 Å². The molecule has 0 aromatic heterocycles. The standard InChI is InChI=1S/C49H34/c1-49(2)45-25-24-38(29-43(45)44-28-34-14-5-6-15-35(34)30-46(44)49)48-41-20-9-7-18-39(41)47(40-19-8-10-21-42(40)48)37-17-11-16-33(27-37)36-23-22-31-12-3-4-13-32(31)26-36/h3-30H,1-2H3. The molecule has 0 bridgehead atoms. The lowest BCUT2D eigenvalue weighted by Crippen LogP contribution is -2.14. The second-order valence-corrected chi connectivity index (χ2v) is 14.1. The molecule has 0 heterocycles. The van der Waals surface area contributed by atoms with E-state index in [0.717, 1.165) is 0 Å². The minimum absolute atomic E-state index is 0.0583. The van der Waals surface area contributed by atoms with Crippen LogP contribution < -0.4 is 0 Å². The predicted octanol–water partition coefficient (Wildman–Crippen LogP) is 13.6. The summed E-state index contributed by atoms with van der Waals surface area (Å²) in [7, 11) is 0. The second kappa shape index (κ2) is 10.5. The molecule has 230 valence electrons. The maximum Gasteiger partial charge on any atom is 0.0159 e. The molecule has 0 atom stereocenters. The van der Waals surface area contributed by atoms with Gasteiger partial charge in [0, 0.05) is 5.41 Å². The average Bonchev–Trinajstić information content (AvgIpc) is 3.37. The fourth-order valence-corrected chi connectivity index (χ4v) is 8.57. The van der Waals surface area contributed by atoms with Crippen LogP contribution in [0.25, 0.3) is 87.6 Å². The summed E-state index contributed by atoms with van der Waals surface area (Å²) in [4.78, 5) is 0. The van der Waals surface area contributed by atoms with Crippen molar-refractivity contribution in [2.24, 2.45) is 0 Å². The summed E-state index contributed by atoms with van der Waals surface area (Å²) in [5.41, 5.74) is 13.0. The number of fused-ring (bicyclic) bond motifs is 7. The molecule has 0 aliphatic heterocycles. The molecule has 0 heteroatoms. The van der Waals surface area contributed by atoms with Crippen LogP contribution in [-0.4, -0.2) is 0 Å². The van der Waals surface area contributed by atoms with Crippen molar-refractivity contribution < 1.29 is 0 Å². The first kappa shape index (κ1) is 28.1. The molecule has 0 fully saturated rings. The predicted molar refractivity (Wildman–Crippen MR) is 210 cm³/mol. The second-order valence-electron chi connectivity index (χ2n) is 14.1. The van der Waals surface area contributed by atoms with Gasteiger partial charge in [0.1, 0.15) is 0 Å². The van der Waals surface area contributed by atoms with Gasteiger partial charge in [0.05, 0.1) is 0 Å². The van der Waals surface area contributed by atoms with Gasteiger partial charge in [-0.25, -0.2) is 0 Å². The van der Waals surface area contributed by atoms with Gasteiger partial charge in [-0.15, -0.1) is 0 Å². The highest BCUT2D eigenvalue weighted by Crippen LogP contribution is 2.52. The molecule has 9 aromatic carbocycles. The minimum Gasteiger partial charge on any atom is -0.0616 e. The zero-order chi connectivity index (χ0) is 32.7. The van der Waals surface area contributed by atoms with E-state index in [9.17, 15) is 0 Å². The highest BCUT2D eigenvalue weighted by Gasteiger charge is 2.36. The summed E-state index contributed by atoms with van der Waals surface area (Å²) in [6.45, 7) is 4.75. The monoisotopic (exact) mass is 622 g/mol. The molecule has 10 rings (SSSR count). The fourth-order valence-electron chi connectivity index (χ4n) is 8.57. The number of rotatable bonds is 3. The Morgan fingerprint density at radius 3 is 1.43 bits per heavy atom. The lowest BCUT2D eigenvalue weighted by Gasteiger charge is -2.22. The molecule has 0 nitrogen and oxygen atoms in total. The molecule has 0 saturated heterocycles. The first-order valence-corrected chi connectivity index (χ1v) is 17.3. The highest BCUT2D eigenvalue weighted by molar-refractivity contribution is 6.21. The van der Waals surface area contributed by atoms with Crippen LogP contribution in [0, 0.1) is 0 Å². The Morgan fingerprint density at radius 2 is 0.776 bits per heavy atom. The number of hydrogen-bond donors (Lipinski definition) is 0. The molecule has 0 spiro atoms. The summed E-state index contributed by atoms with van der Waals surface area (Å²) >= 11 is 0. The first-order chi connectivity index (χ1) is 24.0. The van der Waals surface area contributed by atoms with Crippen molar-refractivity contribution in [2.75, 3.05) is 0 Å². The van der Waals surface area contributed by atoms with E-state index < -0.39 is 0 Å². The van der Waals surface area contributed by atoms with E-state index in [1.807, 2.05) is 0 Å². The molecular formula is C49H34. The molecule has 0 saturated carbocycles. The maximum atomic E-state index is 2.46. The fraction of sp³-hybridized carbons (Fsp3) is 0.0612. The van der Waals surface area contributed by atoms with Crippen molar-refractivity contribution in [2.45, 2.75) is 19.3 Å². The molecule has 0 radical (unpaired) electrons. The van der Waals surface area contributed by atoms with Crippen LogP contribution in [0.4, 0.5) is 0 Å². The summed E-state index contributed by atoms with van der Waals surface area (Å²) < 4.78 is 0. The lowest BCUT2D eigenvalue weighted by molar-refractivity contribution is 0.661. The van der Waals surface area contributed by atoms with Crippen LogP contribution in [0.15, 0.2) is 170 Å². The summed E-state index contributed by atoms with van der Waals surface area (Å²) in [5.74, 6) is 0. The van der Waals surface area contributed by atoms with Crippen molar-refractivity contribution in [1.82, 2.24) is 0 Å². The van der Waals surface area contributed by atoms with Crippen LogP contribution in [0.5, 0.6) is 0 Å². The number of benzene rings is 9.